The van der Waals surface area contributed by atoms with Crippen molar-refractivity contribution in [2.75, 3.05) is 6.54 Å². The number of hydrogen-bond donors (Lipinski definition) is 3. The highest BCUT2D eigenvalue weighted by Crippen LogP contribution is 2.13. The van der Waals surface area contributed by atoms with E-state index in [1.54, 1.807) is 6.07 Å². The fourth-order valence-corrected chi connectivity index (χ4v) is 1.01. The number of benzene rings is 1. The van der Waals surface area contributed by atoms with Crippen molar-refractivity contribution < 1.29 is 9.50 Å². The second-order valence-electron chi connectivity index (χ2n) is 2.84. The monoisotopic (exact) mass is 195 g/mol. The third kappa shape index (κ3) is 3.02. The van der Waals surface area contributed by atoms with Crippen LogP contribution in [0.4, 0.5) is 4.39 Å². The Balaban J connectivity index is 2.69. The maximum atomic E-state index is 12.7. The number of aliphatic hydroxyl groups excluding tert-OH is 1. The van der Waals surface area contributed by atoms with Gasteiger partial charge < -0.3 is 16.6 Å². The normalized spacial score (nSPS) is 12.1. The Morgan fingerprint density at radius 1 is 1.50 bits per heavy atom. The maximum Gasteiger partial charge on any atom is 0.186 e. The molecule has 1 rings (SSSR count). The van der Waals surface area contributed by atoms with Crippen LogP contribution in [0.2, 0.25) is 0 Å². The molecule has 0 aliphatic rings. The summed E-state index contributed by atoms with van der Waals surface area (Å²) < 4.78 is 12.7. The molecule has 4 nitrogen and oxygen atoms in total. The van der Waals surface area contributed by atoms with Crippen molar-refractivity contribution in [2.24, 2.45) is 16.5 Å². The van der Waals surface area contributed by atoms with Crippen molar-refractivity contribution in [2.45, 2.75) is 6.10 Å². The van der Waals surface area contributed by atoms with Gasteiger partial charge in [0.25, 0.3) is 0 Å². The van der Waals surface area contributed by atoms with Gasteiger partial charge in [0, 0.05) is 0 Å². The lowest BCUT2D eigenvalue weighted by atomic mass is 9.52. The second-order valence-corrected chi connectivity index (χ2v) is 2.84. The minimum absolute atomic E-state index is 0.0335. The highest BCUT2D eigenvalue weighted by atomic mass is 19.1. The summed E-state index contributed by atoms with van der Waals surface area (Å²) in [5.41, 5.74) is 10.6. The maximum absolute atomic E-state index is 12.7. The van der Waals surface area contributed by atoms with Crippen LogP contribution in [0.3, 0.4) is 0 Å². The van der Waals surface area contributed by atoms with Gasteiger partial charge in [-0.05, 0) is 17.7 Å². The molecule has 0 fully saturated rings. The lowest BCUT2D eigenvalue weighted by molar-refractivity contribution is 0.187. The number of aliphatic hydroxyl groups is 1. The van der Waals surface area contributed by atoms with E-state index < -0.39 is 11.9 Å². The molecule has 0 saturated heterocycles. The molecule has 1 unspecified atom stereocenters. The highest BCUT2D eigenvalue weighted by Gasteiger charge is 2.06. The highest BCUT2D eigenvalue weighted by molar-refractivity contribution is 5.75. The Morgan fingerprint density at radius 2 is 2.21 bits per heavy atom. The van der Waals surface area contributed by atoms with Crippen LogP contribution in [0.25, 0.3) is 0 Å². The summed E-state index contributed by atoms with van der Waals surface area (Å²) in [7, 11) is 0. The molecule has 1 atom stereocenters. The van der Waals surface area contributed by atoms with Gasteiger partial charge in [0.2, 0.25) is 0 Å². The third-order valence-electron chi connectivity index (χ3n) is 1.68. The first kappa shape index (κ1) is 10.5. The molecule has 0 aromatic heterocycles. The van der Waals surface area contributed by atoms with Gasteiger partial charge >= 0.3 is 0 Å². The van der Waals surface area contributed by atoms with Gasteiger partial charge in [0.1, 0.15) is 5.82 Å². The zero-order chi connectivity index (χ0) is 10.6. The molecule has 0 saturated carbocycles. The number of nitrogens with zero attached hydrogens (tertiary/aromatic N) is 1. The van der Waals surface area contributed by atoms with Crippen LogP contribution in [-0.2, 0) is 0 Å². The second kappa shape index (κ2) is 4.57. The minimum Gasteiger partial charge on any atom is -0.386 e. The summed E-state index contributed by atoms with van der Waals surface area (Å²) >= 11 is 0. The Morgan fingerprint density at radius 3 is 2.79 bits per heavy atom. The summed E-state index contributed by atoms with van der Waals surface area (Å²) in [6.45, 7) is 0.0335. The number of aliphatic imine (C=N–C) groups is 1. The number of halogens is 1. The number of guanidine groups is 1. The van der Waals surface area contributed by atoms with E-state index in [0.29, 0.717) is 5.56 Å². The van der Waals surface area contributed by atoms with Crippen LogP contribution < -0.4 is 11.5 Å². The van der Waals surface area contributed by atoms with E-state index >= 15 is 0 Å². The molecule has 0 amide bonds. The predicted molar refractivity (Wildman–Crippen MR) is 52.0 cm³/mol. The van der Waals surface area contributed by atoms with E-state index in [4.69, 9.17) is 11.5 Å². The minimum atomic E-state index is -0.882. The van der Waals surface area contributed by atoms with Crippen LogP contribution in [0, 0.1) is 5.82 Å². The summed E-state index contributed by atoms with van der Waals surface area (Å²) in [6, 6.07) is 5.67. The molecule has 0 radical (unpaired) electrons. The lowest BCUT2D eigenvalue weighted by Gasteiger charge is -2.07. The smallest absolute Gasteiger partial charge is 0.186 e. The SMILES string of the molecule is NC(N)=N[11CH2][11CH](O)c1cccc(F)c1. The molecule has 0 heterocycles. The van der Waals surface area contributed by atoms with E-state index in [0.717, 1.165) is 0 Å². The molecular weight excluding hydrogens is 183 g/mol. The molecule has 0 bridgehead atoms. The fourth-order valence-electron chi connectivity index (χ4n) is 1.01. The number of hydrogen-bond acceptors (Lipinski definition) is 2. The van der Waals surface area contributed by atoms with Crippen LogP contribution >= 0.6 is 0 Å². The first-order valence-electron chi connectivity index (χ1n) is 4.08. The van der Waals surface area contributed by atoms with E-state index in [1.807, 2.05) is 0 Å². The Bertz CT molecular complexity index is 337. The van der Waals surface area contributed by atoms with E-state index in [-0.39, 0.29) is 12.5 Å². The molecule has 0 aliphatic carbocycles. The van der Waals surface area contributed by atoms with Gasteiger partial charge in [-0.2, -0.15) is 0 Å². The van der Waals surface area contributed by atoms with Crippen molar-refractivity contribution in [3.63, 3.8) is 0 Å². The molecule has 76 valence electrons. The average Bonchev–Trinajstić information content (AvgIpc) is 2.14. The Hall–Kier alpha value is -1.62. The molecular formula is C9H12FN3O. The molecule has 0 spiro atoms. The number of nitrogens with two attached hydrogens (primary N) is 2. The van der Waals surface area contributed by atoms with Gasteiger partial charge in [0.05, 0.1) is 12.6 Å². The van der Waals surface area contributed by atoms with E-state index in [9.17, 15) is 9.50 Å². The van der Waals surface area contributed by atoms with Gasteiger partial charge in [-0.25, -0.2) is 4.39 Å². The van der Waals surface area contributed by atoms with Crippen LogP contribution in [0.5, 0.6) is 0 Å². The molecule has 1 aromatic rings. The fraction of sp³-hybridized carbons (Fsp3) is 0.222. The standard InChI is InChI=1S/C9H12FN3O/c10-7-3-1-2-6(4-7)8(14)5-13-9(11)12/h1-4,8,14H,5H2,(H4,11,12,13)/i5-1,8-1. The molecule has 1 aromatic carbocycles. The van der Waals surface area contributed by atoms with Gasteiger partial charge in [-0.15, -0.1) is 0 Å². The molecule has 0 aliphatic heterocycles. The first-order chi connectivity index (χ1) is 6.59. The zero-order valence-electron chi connectivity index (χ0n) is 7.52. The number of rotatable bonds is 3. The largest absolute Gasteiger partial charge is 0.386 e. The van der Waals surface area contributed by atoms with Crippen LogP contribution in [-0.4, -0.2) is 17.6 Å². The van der Waals surface area contributed by atoms with Crippen molar-refractivity contribution in [1.82, 2.24) is 0 Å². The van der Waals surface area contributed by atoms with Gasteiger partial charge in [-0.3, -0.25) is 4.99 Å². The summed E-state index contributed by atoms with van der Waals surface area (Å²) in [5, 5.41) is 9.51. The Labute approximate surface area is 81.1 Å². The molecule has 5 N–H and O–H groups in total. The quantitative estimate of drug-likeness (QED) is 0.473. The average molecular weight is 195 g/mol. The first-order valence-corrected chi connectivity index (χ1v) is 4.08. The Kier molecular flexibility index (Phi) is 3.41. The van der Waals surface area contributed by atoms with Crippen molar-refractivity contribution in [1.29, 1.82) is 0 Å². The zero-order valence-corrected chi connectivity index (χ0v) is 7.52. The van der Waals surface area contributed by atoms with Gasteiger partial charge in [-0.1, -0.05) is 12.1 Å². The lowest BCUT2D eigenvalue weighted by Crippen LogP contribution is -2.23. The van der Waals surface area contributed by atoms with Crippen LogP contribution in [0.15, 0.2) is 29.3 Å². The van der Waals surface area contributed by atoms with Crippen LogP contribution in [0.1, 0.15) is 11.7 Å². The molecule has 14 heavy (non-hydrogen) atoms. The van der Waals surface area contributed by atoms with E-state index in [2.05, 4.69) is 4.99 Å². The topological polar surface area (TPSA) is 84.6 Å². The van der Waals surface area contributed by atoms with E-state index in [1.165, 1.54) is 18.2 Å². The van der Waals surface area contributed by atoms with Crippen molar-refractivity contribution >= 4 is 5.96 Å². The predicted octanol–water partition coefficient (Wildman–Crippen LogP) is 0.133. The summed E-state index contributed by atoms with van der Waals surface area (Å²) in [6.07, 6.45) is -0.882. The summed E-state index contributed by atoms with van der Waals surface area (Å²) in [4.78, 5) is 3.63. The molecule has 5 heteroatoms. The summed E-state index contributed by atoms with van der Waals surface area (Å²) in [5.74, 6) is -0.494. The third-order valence-corrected chi connectivity index (χ3v) is 1.68. The van der Waals surface area contributed by atoms with Crippen molar-refractivity contribution in [3.8, 4) is 0 Å². The van der Waals surface area contributed by atoms with Crippen molar-refractivity contribution in [3.05, 3.63) is 35.6 Å². The van der Waals surface area contributed by atoms with Gasteiger partial charge in [0.15, 0.2) is 5.96 Å².